The number of nitrogens with two attached hydrogens (primary N) is 1. The van der Waals surface area contributed by atoms with Gasteiger partial charge in [-0.3, -0.25) is 5.10 Å². The van der Waals surface area contributed by atoms with Gasteiger partial charge in [-0.2, -0.15) is 5.10 Å². The number of aromatic nitrogens is 3. The molecule has 1 heterocycles. The van der Waals surface area contributed by atoms with Gasteiger partial charge in [0.25, 0.3) is 0 Å². The van der Waals surface area contributed by atoms with Crippen LogP contribution in [0.2, 0.25) is 0 Å². The summed E-state index contributed by atoms with van der Waals surface area (Å²) < 4.78 is 0. The second-order valence-electron chi connectivity index (χ2n) is 5.11. The number of aromatic amines is 1. The van der Waals surface area contributed by atoms with E-state index in [-0.39, 0.29) is 0 Å². The first-order valence-electron chi connectivity index (χ1n) is 5.58. The highest BCUT2D eigenvalue weighted by Crippen LogP contribution is 2.31. The van der Waals surface area contributed by atoms with Crippen LogP contribution in [0.15, 0.2) is 6.33 Å². The molecule has 0 aliphatic carbocycles. The lowest BCUT2D eigenvalue weighted by Crippen LogP contribution is -2.24. The molecule has 1 unspecified atom stereocenters. The summed E-state index contributed by atoms with van der Waals surface area (Å²) in [6, 6.07) is 0. The molecule has 3 N–H and O–H groups in total. The highest BCUT2D eigenvalue weighted by atomic mass is 15.2. The van der Waals surface area contributed by atoms with Gasteiger partial charge in [0.1, 0.15) is 12.2 Å². The van der Waals surface area contributed by atoms with Crippen molar-refractivity contribution >= 4 is 0 Å². The fraction of sp³-hybridized carbons (Fsp3) is 0.818. The molecule has 4 heteroatoms. The van der Waals surface area contributed by atoms with E-state index in [1.165, 1.54) is 0 Å². The molecule has 0 saturated carbocycles. The number of H-pyrrole nitrogens is 1. The van der Waals surface area contributed by atoms with E-state index in [4.69, 9.17) is 5.73 Å². The van der Waals surface area contributed by atoms with Crippen molar-refractivity contribution in [3.8, 4) is 0 Å². The van der Waals surface area contributed by atoms with Crippen molar-refractivity contribution < 1.29 is 0 Å². The highest BCUT2D eigenvalue weighted by molar-refractivity contribution is 4.83. The predicted octanol–water partition coefficient (Wildman–Crippen LogP) is 1.75. The van der Waals surface area contributed by atoms with E-state index in [2.05, 4.69) is 36.0 Å². The van der Waals surface area contributed by atoms with Crippen molar-refractivity contribution in [2.45, 2.75) is 40.0 Å². The third-order valence-corrected chi connectivity index (χ3v) is 2.93. The van der Waals surface area contributed by atoms with Gasteiger partial charge in [0.05, 0.1) is 0 Å². The molecule has 0 aliphatic heterocycles. The number of nitrogens with one attached hydrogen (secondary N) is 1. The van der Waals surface area contributed by atoms with Crippen LogP contribution in [-0.4, -0.2) is 21.7 Å². The quantitative estimate of drug-likeness (QED) is 0.778. The minimum Gasteiger partial charge on any atom is -0.330 e. The Bertz CT molecular complexity index is 261. The molecule has 0 aromatic carbocycles. The summed E-state index contributed by atoms with van der Waals surface area (Å²) in [6.45, 7) is 7.58. The lowest BCUT2D eigenvalue weighted by molar-refractivity contribution is 0.214. The second-order valence-corrected chi connectivity index (χ2v) is 5.11. The Labute approximate surface area is 91.7 Å². The van der Waals surface area contributed by atoms with Gasteiger partial charge in [-0.05, 0) is 30.7 Å². The summed E-state index contributed by atoms with van der Waals surface area (Å²) in [6.07, 6.45) is 4.72. The van der Waals surface area contributed by atoms with Gasteiger partial charge < -0.3 is 5.73 Å². The smallest absolute Gasteiger partial charge is 0.137 e. The van der Waals surface area contributed by atoms with E-state index in [0.29, 0.717) is 11.3 Å². The number of rotatable bonds is 5. The Morgan fingerprint density at radius 2 is 2.13 bits per heavy atom. The predicted molar refractivity (Wildman–Crippen MR) is 61.3 cm³/mol. The summed E-state index contributed by atoms with van der Waals surface area (Å²) in [5, 5.41) is 6.74. The maximum absolute atomic E-state index is 5.64. The van der Waals surface area contributed by atoms with Gasteiger partial charge in [-0.25, -0.2) is 4.98 Å². The molecule has 0 bridgehead atoms. The van der Waals surface area contributed by atoms with E-state index >= 15 is 0 Å². The molecule has 0 fully saturated rings. The van der Waals surface area contributed by atoms with Crippen LogP contribution in [0.5, 0.6) is 0 Å². The molecule has 86 valence electrons. The van der Waals surface area contributed by atoms with Gasteiger partial charge in [0, 0.05) is 6.42 Å². The molecule has 1 atom stereocenters. The maximum Gasteiger partial charge on any atom is 0.137 e. The van der Waals surface area contributed by atoms with Crippen LogP contribution in [-0.2, 0) is 6.42 Å². The largest absolute Gasteiger partial charge is 0.330 e. The van der Waals surface area contributed by atoms with Crippen molar-refractivity contribution in [1.82, 2.24) is 15.2 Å². The lowest BCUT2D eigenvalue weighted by Gasteiger charge is -2.30. The van der Waals surface area contributed by atoms with Gasteiger partial charge in [-0.15, -0.1) is 0 Å². The van der Waals surface area contributed by atoms with E-state index in [1.807, 2.05) is 0 Å². The average molecular weight is 210 g/mol. The molecule has 1 aromatic rings. The number of aryl methyl sites for hydroxylation is 1. The number of hydrogen-bond donors (Lipinski definition) is 2. The molecule has 1 rings (SSSR count). The fourth-order valence-corrected chi connectivity index (χ4v) is 1.87. The van der Waals surface area contributed by atoms with Gasteiger partial charge in [0.15, 0.2) is 0 Å². The molecule has 1 aromatic heterocycles. The Morgan fingerprint density at radius 3 is 2.60 bits per heavy atom. The molecule has 4 nitrogen and oxygen atoms in total. The average Bonchev–Trinajstić information content (AvgIpc) is 2.62. The summed E-state index contributed by atoms with van der Waals surface area (Å²) in [4.78, 5) is 4.13. The Kier molecular flexibility index (Phi) is 4.27. The molecule has 15 heavy (non-hydrogen) atoms. The van der Waals surface area contributed by atoms with Crippen molar-refractivity contribution in [3.05, 3.63) is 12.2 Å². The van der Waals surface area contributed by atoms with E-state index in [1.54, 1.807) is 6.33 Å². The zero-order chi connectivity index (χ0) is 11.3. The number of nitrogens with zero attached hydrogens (tertiary/aromatic N) is 2. The third-order valence-electron chi connectivity index (χ3n) is 2.93. The zero-order valence-corrected chi connectivity index (χ0v) is 9.95. The summed E-state index contributed by atoms with van der Waals surface area (Å²) in [5.41, 5.74) is 5.96. The molecule has 0 aliphatic rings. The third kappa shape index (κ3) is 4.00. The minimum atomic E-state index is 0.319. The van der Waals surface area contributed by atoms with Crippen LogP contribution in [0.1, 0.15) is 39.4 Å². The topological polar surface area (TPSA) is 67.6 Å². The van der Waals surface area contributed by atoms with Crippen LogP contribution in [0.3, 0.4) is 0 Å². The molecule has 0 spiro atoms. The normalized spacial score (nSPS) is 14.1. The second kappa shape index (κ2) is 5.26. The van der Waals surface area contributed by atoms with Crippen LogP contribution in [0, 0.1) is 11.3 Å². The molecule has 0 saturated heterocycles. The SMILES string of the molecule is CC(C)(C)C(CCN)CCc1ncn[nH]1. The Morgan fingerprint density at radius 1 is 1.40 bits per heavy atom. The summed E-state index contributed by atoms with van der Waals surface area (Å²) in [7, 11) is 0. The first kappa shape index (κ1) is 12.2. The van der Waals surface area contributed by atoms with Gasteiger partial charge in [-0.1, -0.05) is 20.8 Å². The minimum absolute atomic E-state index is 0.319. The van der Waals surface area contributed by atoms with Crippen LogP contribution >= 0.6 is 0 Å². The van der Waals surface area contributed by atoms with Crippen molar-refractivity contribution in [1.29, 1.82) is 0 Å². The standard InChI is InChI=1S/C11H22N4/c1-11(2,3)9(6-7-12)4-5-10-13-8-14-15-10/h8-9H,4-7,12H2,1-3H3,(H,13,14,15). The Balaban J connectivity index is 2.45. The molecule has 0 amide bonds. The molecular weight excluding hydrogens is 188 g/mol. The molecule has 0 radical (unpaired) electrons. The number of hydrogen-bond acceptors (Lipinski definition) is 3. The van der Waals surface area contributed by atoms with Crippen molar-refractivity contribution in [3.63, 3.8) is 0 Å². The van der Waals surface area contributed by atoms with E-state index in [0.717, 1.165) is 31.6 Å². The summed E-state index contributed by atoms with van der Waals surface area (Å²) >= 11 is 0. The van der Waals surface area contributed by atoms with Gasteiger partial charge in [0.2, 0.25) is 0 Å². The zero-order valence-electron chi connectivity index (χ0n) is 9.95. The molecular formula is C11H22N4. The van der Waals surface area contributed by atoms with Crippen LogP contribution in [0.4, 0.5) is 0 Å². The van der Waals surface area contributed by atoms with Crippen molar-refractivity contribution in [2.24, 2.45) is 17.1 Å². The Hall–Kier alpha value is -0.900. The van der Waals surface area contributed by atoms with Gasteiger partial charge >= 0.3 is 0 Å². The lowest BCUT2D eigenvalue weighted by atomic mass is 9.76. The van der Waals surface area contributed by atoms with Crippen molar-refractivity contribution in [2.75, 3.05) is 6.54 Å². The maximum atomic E-state index is 5.64. The van der Waals surface area contributed by atoms with Crippen LogP contribution in [0.25, 0.3) is 0 Å². The monoisotopic (exact) mass is 210 g/mol. The summed E-state index contributed by atoms with van der Waals surface area (Å²) in [5.74, 6) is 1.62. The highest BCUT2D eigenvalue weighted by Gasteiger charge is 2.23. The fourth-order valence-electron chi connectivity index (χ4n) is 1.87. The first-order chi connectivity index (χ1) is 7.04. The first-order valence-corrected chi connectivity index (χ1v) is 5.58. The van der Waals surface area contributed by atoms with E-state index in [9.17, 15) is 0 Å². The van der Waals surface area contributed by atoms with E-state index < -0.39 is 0 Å². The van der Waals surface area contributed by atoms with Crippen LogP contribution < -0.4 is 5.73 Å².